The normalized spacial score (nSPS) is 17.7. The summed E-state index contributed by atoms with van der Waals surface area (Å²) in [7, 11) is 1.74. The van der Waals surface area contributed by atoms with Crippen molar-refractivity contribution in [3.8, 4) is 0 Å². The van der Waals surface area contributed by atoms with Crippen molar-refractivity contribution in [2.75, 3.05) is 53.6 Å². The van der Waals surface area contributed by atoms with Gasteiger partial charge in [-0.05, 0) is 49.1 Å². The summed E-state index contributed by atoms with van der Waals surface area (Å²) in [5.41, 5.74) is 1.89. The van der Waals surface area contributed by atoms with E-state index in [4.69, 9.17) is 23.7 Å². The Morgan fingerprint density at radius 1 is 0.770 bits per heavy atom. The van der Waals surface area contributed by atoms with Crippen LogP contribution in [-0.2, 0) is 46.5 Å². The number of hydrogen-bond donors (Lipinski definition) is 1. The summed E-state index contributed by atoms with van der Waals surface area (Å²) < 4.78 is 25.1. The van der Waals surface area contributed by atoms with E-state index in [1.54, 1.807) is 9.80 Å². The van der Waals surface area contributed by atoms with Crippen LogP contribution >= 0.6 is 154 Å². The van der Waals surface area contributed by atoms with Crippen LogP contribution < -0.4 is 13.3 Å². The number of likely N-dealkylation sites (tertiary alicyclic amines) is 2. The fraction of sp³-hybridized carbons (Fsp3) is 0.528. The van der Waals surface area contributed by atoms with Gasteiger partial charge in [-0.2, -0.15) is 0 Å². The van der Waals surface area contributed by atoms with Crippen molar-refractivity contribution in [2.24, 2.45) is 11.8 Å². The number of methoxy groups -OCH3 is 2. The third-order valence-corrected chi connectivity index (χ3v) is 257. The Morgan fingerprint density at radius 2 is 1.21 bits per heavy atom. The second kappa shape index (κ2) is 35.3. The summed E-state index contributed by atoms with van der Waals surface area (Å²) in [6.45, 7) is 2.43. The van der Waals surface area contributed by atoms with E-state index in [-0.39, 0.29) is 74.3 Å². The number of benzene rings is 2. The van der Waals surface area contributed by atoms with Gasteiger partial charge in [0.15, 0.2) is 6.04 Å². The summed E-state index contributed by atoms with van der Waals surface area (Å²) in [5.74, 6) is -1.03. The van der Waals surface area contributed by atoms with Crippen LogP contribution in [0.3, 0.4) is 0 Å². The second-order valence-corrected chi connectivity index (χ2v) is 175. The van der Waals surface area contributed by atoms with Gasteiger partial charge in [0.05, 0.1) is 26.7 Å². The predicted octanol–water partition coefficient (Wildman–Crippen LogP) is 9.85. The molecule has 3 amide bonds. The zero-order chi connectivity index (χ0) is 45.3. The van der Waals surface area contributed by atoms with E-state index in [9.17, 15) is 29.1 Å². The summed E-state index contributed by atoms with van der Waals surface area (Å²) in [5, 5.41) is 9.29. The van der Waals surface area contributed by atoms with Crippen molar-refractivity contribution in [1.29, 1.82) is 0 Å². The molecule has 0 aromatic heterocycles. The van der Waals surface area contributed by atoms with Crippen molar-refractivity contribution >= 4 is 184 Å². The summed E-state index contributed by atoms with van der Waals surface area (Å²) in [6, 6.07) is 18.2. The first-order valence-corrected chi connectivity index (χ1v) is 74.7. The maximum absolute atomic E-state index is 12.2. The molecule has 0 saturated carbocycles. The number of ether oxygens (including phenoxy) is 5. The zero-order valence-electron chi connectivity index (χ0n) is 32.8. The molecule has 0 radical (unpaired) electrons. The standard InChI is InChI=1S/C18H22N2O6.C18H25NO5.I6.I5/c1-24-16(21)15-12-26-18(23)20(15)14-7-9-19(10-8-14)17(22)25-11-13-5-3-2-4-6-13;1-23-17(21)16(12-20)11-14-7-9-19(10-8-14)18(22)24-13-15-5-3-2-4-6-15;1-5(2)6(3)4;1-4-5(2)3/h2-6,14-15H,7-12H2,1H3;2-6,14,16,20H,7-13H2,1H3;;/q;;;-1/t15-;16-;;/m11../s1. The van der Waals surface area contributed by atoms with Crippen LogP contribution in [0.15, 0.2) is 60.7 Å². The fourth-order valence-electron chi connectivity index (χ4n) is 6.27. The number of amides is 3. The number of aliphatic hydroxyl groups is 1. The summed E-state index contributed by atoms with van der Waals surface area (Å²) in [4.78, 5) is 64.4. The number of halogens is 11. The third-order valence-electron chi connectivity index (χ3n) is 9.28. The Morgan fingerprint density at radius 3 is 1.59 bits per heavy atom. The van der Waals surface area contributed by atoms with Crippen LogP contribution in [0.1, 0.15) is 43.2 Å². The fourth-order valence-corrected chi connectivity index (χ4v) is 6.27. The Balaban J connectivity index is 0.000000339. The maximum atomic E-state index is 12.2. The van der Waals surface area contributed by atoms with Gasteiger partial charge in [0.2, 0.25) is 0 Å². The van der Waals surface area contributed by atoms with Crippen LogP contribution in [0.5, 0.6) is 0 Å². The van der Waals surface area contributed by atoms with Crippen molar-refractivity contribution in [1.82, 2.24) is 14.7 Å². The molecule has 5 rings (SSSR count). The van der Waals surface area contributed by atoms with Gasteiger partial charge in [0.1, 0.15) is 19.8 Å². The van der Waals surface area contributed by atoms with Crippen LogP contribution in [0.25, 0.3) is 0 Å². The number of esters is 2. The van der Waals surface area contributed by atoms with Crippen molar-refractivity contribution in [2.45, 2.75) is 57.4 Å². The molecule has 3 fully saturated rings. The van der Waals surface area contributed by atoms with E-state index >= 15 is 0 Å². The predicted molar refractivity (Wildman–Crippen MR) is 319 cm³/mol. The van der Waals surface area contributed by atoms with E-state index < -0.39 is 24.0 Å². The monoisotopic (exact) mass is 2090 g/mol. The Bertz CT molecular complexity index is 1590. The molecular formula is C36H47I11N3O11-. The molecule has 2 aromatic rings. The number of cyclic esters (lactones) is 1. The minimum absolute atomic E-state index is 0.00480. The Labute approximate surface area is 450 Å². The number of carbonyl (C=O) groups is 5. The molecule has 0 bridgehead atoms. The summed E-state index contributed by atoms with van der Waals surface area (Å²) >= 11 is 18.9. The number of piperidine rings is 2. The van der Waals surface area contributed by atoms with Gasteiger partial charge in [-0.3, -0.25) is 9.69 Å². The Kier molecular flexibility index (Phi) is 34.9. The van der Waals surface area contributed by atoms with E-state index in [2.05, 4.69) is 130 Å². The zero-order valence-corrected chi connectivity index (χ0v) is 56.5. The molecule has 350 valence electrons. The van der Waals surface area contributed by atoms with Gasteiger partial charge in [-0.15, -0.1) is 0 Å². The molecule has 3 aliphatic heterocycles. The SMILES string of the molecule is COC(=O)[C@@H](CO)CC1CCN(C(=O)OCc2ccccc2)CC1.COC(=O)[C@H]1COC(=O)N1C1CCN(C(=O)OCc2ccccc2)CC1.II(I)I(I)I.I[I-]I(I)I. The average Bonchev–Trinajstić information content (AvgIpc) is 3.68. The van der Waals surface area contributed by atoms with Gasteiger partial charge in [-0.1, -0.05) is 60.7 Å². The number of hydrogen-bond acceptors (Lipinski definition) is 11. The van der Waals surface area contributed by atoms with Gasteiger partial charge in [0.25, 0.3) is 0 Å². The number of rotatable bonds is 12. The quantitative estimate of drug-likeness (QED) is 0.122. The van der Waals surface area contributed by atoms with E-state index in [0.29, 0.717) is 64.6 Å². The number of nitrogens with zero attached hydrogens (tertiary/aromatic N) is 3. The molecule has 2 aromatic carbocycles. The summed E-state index contributed by atoms with van der Waals surface area (Å²) in [6.07, 6.45) is 2.12. The second-order valence-electron chi connectivity index (χ2n) is 12.9. The molecule has 61 heavy (non-hydrogen) atoms. The molecule has 3 aliphatic rings. The molecule has 14 nitrogen and oxygen atoms in total. The molecule has 2 atom stereocenters. The van der Waals surface area contributed by atoms with E-state index in [1.807, 2.05) is 60.7 Å². The molecule has 3 saturated heterocycles. The van der Waals surface area contributed by atoms with Gasteiger partial charge >= 0.3 is 197 Å². The van der Waals surface area contributed by atoms with Gasteiger partial charge in [-0.25, -0.2) is 19.2 Å². The molecule has 3 heterocycles. The first kappa shape index (κ1) is 60.3. The number of carbonyl (C=O) groups excluding carboxylic acids is 5. The van der Waals surface area contributed by atoms with Gasteiger partial charge < -0.3 is 38.6 Å². The van der Waals surface area contributed by atoms with Gasteiger partial charge in [0, 0.05) is 32.2 Å². The van der Waals surface area contributed by atoms with Crippen LogP contribution in [0.2, 0.25) is 0 Å². The third kappa shape index (κ3) is 24.5. The first-order valence-electron chi connectivity index (χ1n) is 18.1. The molecular weight excluding hydrogens is 2050 g/mol. The minimum atomic E-state index is -0.714. The van der Waals surface area contributed by atoms with E-state index in [1.165, 1.54) is 19.1 Å². The van der Waals surface area contributed by atoms with Crippen LogP contribution in [-0.4, -0.2) is 116 Å². The average molecular weight is 2090 g/mol. The van der Waals surface area contributed by atoms with Crippen molar-refractivity contribution in [3.63, 3.8) is 0 Å². The Hall–Kier alpha value is 3.18. The molecule has 1 N–H and O–H groups in total. The molecule has 0 spiro atoms. The van der Waals surface area contributed by atoms with Crippen LogP contribution in [0.4, 0.5) is 14.4 Å². The number of aliphatic hydroxyl groups excluding tert-OH is 1. The molecule has 0 unspecified atom stereocenters. The topological polar surface area (TPSA) is 161 Å². The van der Waals surface area contributed by atoms with Crippen LogP contribution in [0, 0.1) is 11.8 Å². The van der Waals surface area contributed by atoms with Crippen molar-refractivity contribution in [3.05, 3.63) is 71.8 Å². The first-order chi connectivity index (χ1) is 29.1. The van der Waals surface area contributed by atoms with E-state index in [0.717, 1.165) is 24.0 Å². The van der Waals surface area contributed by atoms with Crippen molar-refractivity contribution < 1.29 is 66.0 Å². The molecule has 0 aliphatic carbocycles. The molecule has 25 heteroatoms.